The average Bonchev–Trinajstić information content (AvgIpc) is 2.16. The maximum Gasteiger partial charge on any atom is 0.147 e. The van der Waals surface area contributed by atoms with Crippen molar-refractivity contribution >= 4 is 15.5 Å². The highest BCUT2D eigenvalue weighted by atomic mass is 32.2. The molecule has 0 saturated carbocycles. The van der Waals surface area contributed by atoms with Crippen molar-refractivity contribution in [2.45, 2.75) is 13.3 Å². The Labute approximate surface area is 95.6 Å². The number of rotatable bonds is 5. The van der Waals surface area contributed by atoms with Crippen LogP contribution in [0.5, 0.6) is 0 Å². The zero-order valence-electron chi connectivity index (χ0n) is 9.46. The summed E-state index contributed by atoms with van der Waals surface area (Å²) in [5, 5.41) is 3.02. The molecule has 0 spiro atoms. The molecule has 0 aromatic heterocycles. The molecule has 1 aromatic rings. The van der Waals surface area contributed by atoms with Gasteiger partial charge in [-0.3, -0.25) is 0 Å². The first kappa shape index (κ1) is 13.0. The van der Waals surface area contributed by atoms with E-state index in [9.17, 15) is 12.8 Å². The second-order valence-corrected chi connectivity index (χ2v) is 6.13. The summed E-state index contributed by atoms with van der Waals surface area (Å²) in [4.78, 5) is 0. The lowest BCUT2D eigenvalue weighted by atomic mass is 10.2. The molecule has 16 heavy (non-hydrogen) atoms. The van der Waals surface area contributed by atoms with Crippen LogP contribution in [-0.2, 0) is 9.84 Å². The van der Waals surface area contributed by atoms with Gasteiger partial charge in [0.25, 0.3) is 0 Å². The van der Waals surface area contributed by atoms with Crippen LogP contribution < -0.4 is 5.32 Å². The largest absolute Gasteiger partial charge is 0.385 e. The first-order chi connectivity index (χ1) is 7.38. The number of sulfone groups is 1. The van der Waals surface area contributed by atoms with E-state index >= 15 is 0 Å². The third-order valence-electron chi connectivity index (χ3n) is 2.21. The van der Waals surface area contributed by atoms with E-state index in [4.69, 9.17) is 0 Å². The van der Waals surface area contributed by atoms with E-state index in [1.807, 2.05) is 6.92 Å². The smallest absolute Gasteiger partial charge is 0.147 e. The van der Waals surface area contributed by atoms with Crippen LogP contribution in [-0.4, -0.2) is 27.0 Å². The summed E-state index contributed by atoms with van der Waals surface area (Å²) in [6.45, 7) is 2.40. The summed E-state index contributed by atoms with van der Waals surface area (Å²) in [5.41, 5.74) is 1.66. The second kappa shape index (κ2) is 5.30. The van der Waals surface area contributed by atoms with Crippen LogP contribution in [0.4, 0.5) is 10.1 Å². The highest BCUT2D eigenvalue weighted by molar-refractivity contribution is 7.90. The fraction of sp³-hybridized carbons (Fsp3) is 0.455. The van der Waals surface area contributed by atoms with Gasteiger partial charge in [0.15, 0.2) is 0 Å². The Morgan fingerprint density at radius 1 is 1.38 bits per heavy atom. The van der Waals surface area contributed by atoms with Gasteiger partial charge in [0.2, 0.25) is 0 Å². The van der Waals surface area contributed by atoms with Gasteiger partial charge < -0.3 is 5.32 Å². The fourth-order valence-corrected chi connectivity index (χ4v) is 2.01. The van der Waals surface area contributed by atoms with Gasteiger partial charge in [-0.2, -0.15) is 0 Å². The standard InChI is InChI=1S/C11H16FNO2S/c1-9-4-5-10(12)8-11(9)13-6-3-7-16(2,14)15/h4-5,8,13H,3,6-7H2,1-2H3. The lowest BCUT2D eigenvalue weighted by molar-refractivity contribution is 0.599. The summed E-state index contributed by atoms with van der Waals surface area (Å²) >= 11 is 0. The third kappa shape index (κ3) is 4.61. The number of anilines is 1. The predicted octanol–water partition coefficient (Wildman–Crippen LogP) is 1.98. The Kier molecular flexibility index (Phi) is 4.29. The minimum absolute atomic E-state index is 0.147. The maximum atomic E-state index is 12.9. The summed E-state index contributed by atoms with van der Waals surface area (Å²) in [5.74, 6) is -0.148. The van der Waals surface area contributed by atoms with Crippen molar-refractivity contribution in [3.63, 3.8) is 0 Å². The van der Waals surface area contributed by atoms with E-state index in [1.165, 1.54) is 18.4 Å². The van der Waals surface area contributed by atoms with E-state index in [0.29, 0.717) is 18.7 Å². The molecule has 0 bridgehead atoms. The Bertz CT molecular complexity index is 457. The molecular formula is C11H16FNO2S. The van der Waals surface area contributed by atoms with Crippen LogP contribution in [0.1, 0.15) is 12.0 Å². The minimum atomic E-state index is -2.91. The van der Waals surface area contributed by atoms with Gasteiger partial charge in [-0.05, 0) is 31.0 Å². The highest BCUT2D eigenvalue weighted by Crippen LogP contribution is 2.15. The molecule has 0 heterocycles. The van der Waals surface area contributed by atoms with Crippen molar-refractivity contribution in [2.75, 3.05) is 23.9 Å². The first-order valence-corrected chi connectivity index (χ1v) is 7.12. The van der Waals surface area contributed by atoms with Crippen molar-refractivity contribution in [3.05, 3.63) is 29.6 Å². The molecule has 1 N–H and O–H groups in total. The maximum absolute atomic E-state index is 12.9. The SMILES string of the molecule is Cc1ccc(F)cc1NCCCS(C)(=O)=O. The number of benzene rings is 1. The van der Waals surface area contributed by atoms with Gasteiger partial charge in [0.05, 0.1) is 5.75 Å². The van der Waals surface area contributed by atoms with Crippen molar-refractivity contribution < 1.29 is 12.8 Å². The van der Waals surface area contributed by atoms with E-state index in [2.05, 4.69) is 5.32 Å². The number of halogens is 1. The molecule has 0 aliphatic heterocycles. The van der Waals surface area contributed by atoms with Crippen LogP contribution >= 0.6 is 0 Å². The Morgan fingerprint density at radius 3 is 2.69 bits per heavy atom. The zero-order valence-corrected chi connectivity index (χ0v) is 10.3. The van der Waals surface area contributed by atoms with Crippen molar-refractivity contribution in [1.82, 2.24) is 0 Å². The summed E-state index contributed by atoms with van der Waals surface area (Å²) in [6.07, 6.45) is 1.73. The minimum Gasteiger partial charge on any atom is -0.385 e. The topological polar surface area (TPSA) is 46.2 Å². The quantitative estimate of drug-likeness (QED) is 0.807. The van der Waals surface area contributed by atoms with Crippen molar-refractivity contribution in [2.24, 2.45) is 0 Å². The molecule has 0 aliphatic carbocycles. The normalized spacial score (nSPS) is 11.4. The fourth-order valence-electron chi connectivity index (χ4n) is 1.34. The van der Waals surface area contributed by atoms with E-state index in [-0.39, 0.29) is 11.6 Å². The number of aryl methyl sites for hydroxylation is 1. The lowest BCUT2D eigenvalue weighted by Crippen LogP contribution is -2.10. The van der Waals surface area contributed by atoms with E-state index in [1.54, 1.807) is 6.07 Å². The average molecular weight is 245 g/mol. The molecule has 90 valence electrons. The van der Waals surface area contributed by atoms with E-state index < -0.39 is 9.84 Å². The van der Waals surface area contributed by atoms with Crippen LogP contribution in [0, 0.1) is 12.7 Å². The second-order valence-electron chi connectivity index (χ2n) is 3.87. The summed E-state index contributed by atoms with van der Waals surface area (Å²) in [6, 6.07) is 4.50. The van der Waals surface area contributed by atoms with Gasteiger partial charge >= 0.3 is 0 Å². The van der Waals surface area contributed by atoms with Gasteiger partial charge in [-0.15, -0.1) is 0 Å². The lowest BCUT2D eigenvalue weighted by Gasteiger charge is -2.08. The first-order valence-electron chi connectivity index (χ1n) is 5.06. The van der Waals surface area contributed by atoms with Crippen LogP contribution in [0.25, 0.3) is 0 Å². The van der Waals surface area contributed by atoms with Crippen molar-refractivity contribution in [1.29, 1.82) is 0 Å². The Morgan fingerprint density at radius 2 is 2.06 bits per heavy atom. The molecule has 0 unspecified atom stereocenters. The molecule has 5 heteroatoms. The molecule has 1 aromatic carbocycles. The molecule has 0 saturated heterocycles. The molecule has 0 atom stereocenters. The van der Waals surface area contributed by atoms with Gasteiger partial charge in [0.1, 0.15) is 15.7 Å². The zero-order chi connectivity index (χ0) is 12.2. The molecule has 0 radical (unpaired) electrons. The predicted molar refractivity (Wildman–Crippen MR) is 64.0 cm³/mol. The molecule has 0 fully saturated rings. The van der Waals surface area contributed by atoms with E-state index in [0.717, 1.165) is 5.56 Å². The van der Waals surface area contributed by atoms with Gasteiger partial charge in [-0.1, -0.05) is 6.07 Å². The monoisotopic (exact) mass is 245 g/mol. The number of hydrogen-bond acceptors (Lipinski definition) is 3. The third-order valence-corrected chi connectivity index (χ3v) is 3.24. The number of nitrogens with one attached hydrogen (secondary N) is 1. The molecule has 0 amide bonds. The van der Waals surface area contributed by atoms with Gasteiger partial charge in [0, 0.05) is 18.5 Å². The van der Waals surface area contributed by atoms with Crippen LogP contribution in [0.15, 0.2) is 18.2 Å². The Hall–Kier alpha value is -1.10. The van der Waals surface area contributed by atoms with Crippen LogP contribution in [0.2, 0.25) is 0 Å². The summed E-state index contributed by atoms with van der Waals surface area (Å²) in [7, 11) is -2.91. The van der Waals surface area contributed by atoms with Crippen molar-refractivity contribution in [3.8, 4) is 0 Å². The molecular weight excluding hydrogens is 229 g/mol. The highest BCUT2D eigenvalue weighted by Gasteiger charge is 2.02. The number of hydrogen-bond donors (Lipinski definition) is 1. The summed E-state index contributed by atoms with van der Waals surface area (Å²) < 4.78 is 34.7. The Balaban J connectivity index is 2.46. The molecule has 3 nitrogen and oxygen atoms in total. The molecule has 1 rings (SSSR count). The van der Waals surface area contributed by atoms with Crippen LogP contribution in [0.3, 0.4) is 0 Å². The van der Waals surface area contributed by atoms with Gasteiger partial charge in [-0.25, -0.2) is 12.8 Å². The molecule has 0 aliphatic rings.